The fraction of sp³-hybridized carbons (Fsp3) is 0.357. The number of halogens is 4. The maximum Gasteiger partial charge on any atom is 0.418 e. The van der Waals surface area contributed by atoms with Gasteiger partial charge in [-0.05, 0) is 49.9 Å². The molecular weight excluding hydrogens is 579 g/mol. The Labute approximate surface area is 241 Å². The number of para-hydroxylation sites is 1. The molecule has 1 saturated heterocycles. The summed E-state index contributed by atoms with van der Waals surface area (Å²) >= 11 is 6.02. The summed E-state index contributed by atoms with van der Waals surface area (Å²) in [7, 11) is 0. The molecule has 0 spiro atoms. The lowest BCUT2D eigenvalue weighted by Crippen LogP contribution is -2.56. The van der Waals surface area contributed by atoms with Crippen molar-refractivity contribution in [2.24, 2.45) is 5.92 Å². The first-order chi connectivity index (χ1) is 19.9. The summed E-state index contributed by atoms with van der Waals surface area (Å²) in [4.78, 5) is 46.9. The molecule has 222 valence electrons. The minimum Gasteiger partial charge on any atom is -0.530 e. The number of nitrogens with one attached hydrogen (secondary N) is 1. The second-order valence-electron chi connectivity index (χ2n) is 10.1. The van der Waals surface area contributed by atoms with Crippen molar-refractivity contribution in [2.45, 2.75) is 44.4 Å². The quantitative estimate of drug-likeness (QED) is 0.251. The third-order valence-corrected chi connectivity index (χ3v) is 8.00. The number of ether oxygens (including phenoxy) is 1. The highest BCUT2D eigenvalue weighted by atomic mass is 35.5. The summed E-state index contributed by atoms with van der Waals surface area (Å²) in [5.74, 6) is -2.05. The fourth-order valence-electron chi connectivity index (χ4n) is 5.81. The molecule has 0 saturated carbocycles. The summed E-state index contributed by atoms with van der Waals surface area (Å²) in [5.41, 5.74) is 5.04. The normalized spacial score (nSPS) is 18.4. The number of hydrogen-bond donors (Lipinski definition) is 2. The molecule has 0 bridgehead atoms. The van der Waals surface area contributed by atoms with Gasteiger partial charge in [-0.15, -0.1) is 0 Å². The number of nitrogens with zero attached hydrogens (tertiary/aromatic N) is 3. The number of fused-ring (bicyclic) bond motifs is 3. The molecule has 3 atom stereocenters. The van der Waals surface area contributed by atoms with Gasteiger partial charge in [-0.2, -0.15) is 13.2 Å². The highest BCUT2D eigenvalue weighted by molar-refractivity contribution is 6.33. The van der Waals surface area contributed by atoms with Crippen LogP contribution in [0.5, 0.6) is 0 Å². The van der Waals surface area contributed by atoms with Crippen LogP contribution in [-0.2, 0) is 22.1 Å². The van der Waals surface area contributed by atoms with Crippen molar-refractivity contribution in [3.8, 4) is 0 Å². The third kappa shape index (κ3) is 5.36. The molecule has 2 aromatic carbocycles. The number of aromatic nitrogens is 3. The predicted octanol–water partition coefficient (Wildman–Crippen LogP) is 3.90. The van der Waals surface area contributed by atoms with Crippen LogP contribution in [0, 0.1) is 5.92 Å². The van der Waals surface area contributed by atoms with Gasteiger partial charge in [0.05, 0.1) is 51.5 Å². The lowest BCUT2D eigenvalue weighted by Gasteiger charge is -2.44. The maximum atomic E-state index is 13.7. The number of H-pyrrole nitrogens is 1. The minimum absolute atomic E-state index is 0.0138. The van der Waals surface area contributed by atoms with E-state index in [9.17, 15) is 32.7 Å². The van der Waals surface area contributed by atoms with E-state index in [2.05, 4.69) is 9.97 Å². The lowest BCUT2D eigenvalue weighted by molar-refractivity contribution is -0.270. The van der Waals surface area contributed by atoms with E-state index < -0.39 is 53.2 Å². The van der Waals surface area contributed by atoms with Gasteiger partial charge in [-0.1, -0.05) is 29.8 Å². The van der Waals surface area contributed by atoms with Crippen molar-refractivity contribution < 1.29 is 32.6 Å². The van der Waals surface area contributed by atoms with Gasteiger partial charge in [-0.3, -0.25) is 14.3 Å². The number of aromatic amines is 1. The zero-order valence-corrected chi connectivity index (χ0v) is 23.0. The van der Waals surface area contributed by atoms with Crippen LogP contribution in [0.1, 0.15) is 36.9 Å². The molecule has 0 aliphatic carbocycles. The molecule has 42 heavy (non-hydrogen) atoms. The van der Waals surface area contributed by atoms with Crippen LogP contribution in [0.15, 0.2) is 47.4 Å². The Hall–Kier alpha value is -4.26. The molecule has 5 rings (SSSR count). The molecule has 2 unspecified atom stereocenters. The van der Waals surface area contributed by atoms with E-state index in [4.69, 9.17) is 22.1 Å². The number of nitrogens with two attached hydrogens (primary N) is 1. The van der Waals surface area contributed by atoms with Gasteiger partial charge in [0.25, 0.3) is 0 Å². The van der Waals surface area contributed by atoms with Crippen LogP contribution in [0.2, 0.25) is 5.02 Å². The first-order valence-electron chi connectivity index (χ1n) is 13.2. The smallest absolute Gasteiger partial charge is 0.418 e. The Morgan fingerprint density at radius 3 is 2.71 bits per heavy atom. The molecular formula is C28H26ClF3N5O5-. The molecule has 14 heteroatoms. The van der Waals surface area contributed by atoms with Crippen molar-refractivity contribution >= 4 is 51.3 Å². The van der Waals surface area contributed by atoms with Gasteiger partial charge in [0.2, 0.25) is 0 Å². The van der Waals surface area contributed by atoms with E-state index in [-0.39, 0.29) is 43.0 Å². The molecule has 1 aliphatic rings. The summed E-state index contributed by atoms with van der Waals surface area (Å²) in [6.07, 6.45) is -4.97. The van der Waals surface area contributed by atoms with E-state index >= 15 is 0 Å². The molecule has 10 nitrogen and oxygen atoms in total. The first-order valence-corrected chi connectivity index (χ1v) is 13.6. The van der Waals surface area contributed by atoms with Crippen molar-refractivity contribution in [3.63, 3.8) is 0 Å². The highest BCUT2D eigenvalue weighted by Gasteiger charge is 2.41. The summed E-state index contributed by atoms with van der Waals surface area (Å²) in [5, 5.41) is 12.6. The van der Waals surface area contributed by atoms with Crippen LogP contribution in [0.25, 0.3) is 21.9 Å². The second kappa shape index (κ2) is 11.2. The third-order valence-electron chi connectivity index (χ3n) is 7.69. The van der Waals surface area contributed by atoms with Crippen LogP contribution >= 0.6 is 11.6 Å². The van der Waals surface area contributed by atoms with Gasteiger partial charge >= 0.3 is 17.8 Å². The number of esters is 1. The number of benzene rings is 2. The Morgan fingerprint density at radius 2 is 2.02 bits per heavy atom. The fourth-order valence-corrected chi connectivity index (χ4v) is 6.05. The number of anilines is 1. The van der Waals surface area contributed by atoms with Crippen molar-refractivity contribution in [1.29, 1.82) is 0 Å². The predicted molar refractivity (Wildman–Crippen MR) is 147 cm³/mol. The van der Waals surface area contributed by atoms with E-state index in [1.54, 1.807) is 19.2 Å². The van der Waals surface area contributed by atoms with Crippen LogP contribution < -0.4 is 16.5 Å². The Balaban J connectivity index is 1.57. The number of likely N-dealkylation sites (tertiary alicyclic amines) is 1. The number of piperidine rings is 1. The minimum atomic E-state index is -4.81. The number of amides is 1. The first kappa shape index (κ1) is 29.2. The molecule has 3 heterocycles. The SMILES string of the molecule is CCOC(=O)C(Cc1cc(Cl)c(N)c(C(F)(F)F)c1)[C@H]1CC(n2c(=O)[nH]c3c4ccccc4ncc32)CCN1C(=O)[O-]. The van der Waals surface area contributed by atoms with Crippen LogP contribution in [0.4, 0.5) is 23.7 Å². The number of rotatable bonds is 6. The zero-order valence-electron chi connectivity index (χ0n) is 22.3. The second-order valence-corrected chi connectivity index (χ2v) is 10.5. The van der Waals surface area contributed by atoms with E-state index in [0.29, 0.717) is 16.6 Å². The maximum absolute atomic E-state index is 13.7. The molecule has 3 N–H and O–H groups in total. The molecule has 1 aliphatic heterocycles. The van der Waals surface area contributed by atoms with Gasteiger partial charge in [0, 0.05) is 24.0 Å². The Kier molecular flexibility index (Phi) is 7.80. The van der Waals surface area contributed by atoms with E-state index in [1.165, 1.54) is 10.6 Å². The van der Waals surface area contributed by atoms with Gasteiger partial charge in [-0.25, -0.2) is 4.79 Å². The molecule has 0 radical (unpaired) electrons. The van der Waals surface area contributed by atoms with E-state index in [1.807, 2.05) is 18.2 Å². The number of imidazole rings is 1. The summed E-state index contributed by atoms with van der Waals surface area (Å²) in [6, 6.07) is 7.58. The van der Waals surface area contributed by atoms with Gasteiger partial charge < -0.3 is 30.3 Å². The van der Waals surface area contributed by atoms with Crippen molar-refractivity contribution in [2.75, 3.05) is 18.9 Å². The average molecular weight is 605 g/mol. The number of alkyl halides is 3. The molecule has 2 aromatic heterocycles. The van der Waals surface area contributed by atoms with Crippen LogP contribution in [-0.4, -0.2) is 50.7 Å². The molecule has 1 fully saturated rings. The van der Waals surface area contributed by atoms with Crippen molar-refractivity contribution in [1.82, 2.24) is 19.4 Å². The summed E-state index contributed by atoms with van der Waals surface area (Å²) < 4.78 is 47.7. The Bertz CT molecular complexity index is 1740. The Morgan fingerprint density at radius 1 is 1.29 bits per heavy atom. The number of pyridine rings is 1. The molecule has 1 amide bonds. The van der Waals surface area contributed by atoms with E-state index in [0.717, 1.165) is 16.4 Å². The standard InChI is InChI=1S/C28H27ClF3N5O5/c1-2-42-25(38)17(9-14-10-18(28(30,31)32)23(33)19(29)11-14)21-12-15(7-8-36(21)27(40)41)37-22-13-34-20-6-4-3-5-16(20)24(22)35-26(37)39/h3-6,10-11,13,15,17,21H,2,7-9,12,33H2,1H3,(H,35,39)(H,40,41)/p-1/t15?,17?,21-/m1/s1. The number of hydrogen-bond acceptors (Lipinski definition) is 7. The monoisotopic (exact) mass is 604 g/mol. The number of carbonyl (C=O) groups is 2. The van der Waals surface area contributed by atoms with Crippen LogP contribution in [0.3, 0.4) is 0 Å². The average Bonchev–Trinajstić information content (AvgIpc) is 3.28. The summed E-state index contributed by atoms with van der Waals surface area (Å²) in [6.45, 7) is 1.41. The highest BCUT2D eigenvalue weighted by Crippen LogP contribution is 2.40. The van der Waals surface area contributed by atoms with Gasteiger partial charge in [0.15, 0.2) is 0 Å². The largest absolute Gasteiger partial charge is 0.530 e. The topological polar surface area (TPSA) is 146 Å². The number of nitrogen functional groups attached to an aromatic ring is 1. The van der Waals surface area contributed by atoms with Gasteiger partial charge in [0.1, 0.15) is 6.09 Å². The lowest BCUT2D eigenvalue weighted by atomic mass is 9.83. The zero-order chi connectivity index (χ0) is 30.3. The number of carboxylic acid groups (broad SMARTS) is 1. The molecule has 4 aromatic rings. The van der Waals surface area contributed by atoms with Crippen molar-refractivity contribution in [3.05, 3.63) is 69.2 Å². The number of carbonyl (C=O) groups excluding carboxylic acids is 2.